The molecule has 1 aromatic carbocycles. The van der Waals surface area contributed by atoms with Crippen molar-refractivity contribution in [2.24, 2.45) is 0 Å². The van der Waals surface area contributed by atoms with Crippen LogP contribution in [-0.2, 0) is 16.6 Å². The molecule has 0 amide bonds. The Morgan fingerprint density at radius 2 is 1.93 bits per heavy atom. The second-order valence-electron chi connectivity index (χ2n) is 6.53. The first-order valence-corrected chi connectivity index (χ1v) is 10.4. The summed E-state index contributed by atoms with van der Waals surface area (Å²) in [4.78, 5) is 4.10. The molecule has 144 valence electrons. The molecule has 0 bridgehead atoms. The Hall–Kier alpha value is -2.84. The number of pyridine rings is 1. The molecule has 0 aliphatic heterocycles. The van der Waals surface area contributed by atoms with E-state index in [1.54, 1.807) is 42.6 Å². The smallest absolute Gasteiger partial charge is 0.281 e. The fourth-order valence-corrected chi connectivity index (χ4v) is 4.83. The van der Waals surface area contributed by atoms with Gasteiger partial charge < -0.3 is 0 Å². The molecule has 0 fully saturated rings. The molecule has 3 heterocycles. The summed E-state index contributed by atoms with van der Waals surface area (Å²) in [5.41, 5.74) is 3.82. The average Bonchev–Trinajstić information content (AvgIpc) is 3.12. The first kappa shape index (κ1) is 18.5. The lowest BCUT2D eigenvalue weighted by Gasteiger charge is -2.10. The molecule has 0 radical (unpaired) electrons. The molecule has 0 aliphatic carbocycles. The fourth-order valence-electron chi connectivity index (χ4n) is 3.13. The minimum absolute atomic E-state index is 0.0718. The van der Waals surface area contributed by atoms with Crippen molar-refractivity contribution < 1.29 is 8.42 Å². The first-order chi connectivity index (χ1) is 13.3. The highest BCUT2D eigenvalue weighted by Gasteiger charge is 2.24. The maximum Gasteiger partial charge on any atom is 0.281 e. The van der Waals surface area contributed by atoms with E-state index in [2.05, 4.69) is 14.8 Å². The highest BCUT2D eigenvalue weighted by atomic mass is 35.5. The zero-order valence-corrected chi connectivity index (χ0v) is 16.9. The normalized spacial score (nSPS) is 11.8. The number of halogens is 1. The van der Waals surface area contributed by atoms with Gasteiger partial charge in [-0.15, -0.1) is 0 Å². The lowest BCUT2D eigenvalue weighted by molar-refractivity contribution is 0.596. The number of rotatable bonds is 5. The summed E-state index contributed by atoms with van der Waals surface area (Å²) in [5.74, 6) is 0. The van der Waals surface area contributed by atoms with E-state index in [1.807, 2.05) is 30.7 Å². The van der Waals surface area contributed by atoms with Gasteiger partial charge in [0.15, 0.2) is 10.2 Å². The molecule has 9 heteroatoms. The highest BCUT2D eigenvalue weighted by molar-refractivity contribution is 7.92. The van der Waals surface area contributed by atoms with Crippen LogP contribution in [0.25, 0.3) is 5.65 Å². The van der Waals surface area contributed by atoms with Gasteiger partial charge in [-0.2, -0.15) is 13.5 Å². The Bertz CT molecular complexity index is 1280. The molecule has 4 aromatic rings. The van der Waals surface area contributed by atoms with Crippen LogP contribution < -0.4 is 4.72 Å². The van der Waals surface area contributed by atoms with Crippen molar-refractivity contribution in [2.75, 3.05) is 4.72 Å². The molecule has 0 saturated heterocycles. The van der Waals surface area contributed by atoms with Crippen LogP contribution in [0.5, 0.6) is 0 Å². The van der Waals surface area contributed by atoms with Gasteiger partial charge in [0.1, 0.15) is 5.65 Å². The van der Waals surface area contributed by atoms with E-state index in [0.717, 1.165) is 17.0 Å². The van der Waals surface area contributed by atoms with Crippen molar-refractivity contribution in [3.8, 4) is 0 Å². The SMILES string of the molecule is Cc1cc(C)n(Cc2cccc(NS(=O)(=O)c3c(Cl)nc4ccccn34)c2)n1. The summed E-state index contributed by atoms with van der Waals surface area (Å²) in [6.07, 6.45) is 1.61. The molecule has 7 nitrogen and oxygen atoms in total. The van der Waals surface area contributed by atoms with Crippen molar-refractivity contribution in [1.29, 1.82) is 0 Å². The second kappa shape index (κ2) is 6.96. The van der Waals surface area contributed by atoms with E-state index in [9.17, 15) is 8.42 Å². The molecular formula is C19H18ClN5O2S. The number of hydrogen-bond acceptors (Lipinski definition) is 4. The minimum Gasteiger partial charge on any atom is -0.288 e. The molecule has 0 spiro atoms. The number of anilines is 1. The van der Waals surface area contributed by atoms with Crippen molar-refractivity contribution in [1.82, 2.24) is 19.2 Å². The van der Waals surface area contributed by atoms with E-state index in [1.165, 1.54) is 4.40 Å². The molecule has 0 saturated carbocycles. The summed E-state index contributed by atoms with van der Waals surface area (Å²) in [6.45, 7) is 4.47. The number of aromatic nitrogens is 4. The van der Waals surface area contributed by atoms with Gasteiger partial charge in [-0.3, -0.25) is 13.8 Å². The molecular weight excluding hydrogens is 398 g/mol. The zero-order valence-electron chi connectivity index (χ0n) is 15.3. The van der Waals surface area contributed by atoms with Crippen molar-refractivity contribution >= 4 is 33.0 Å². The summed E-state index contributed by atoms with van der Waals surface area (Å²) < 4.78 is 31.8. The summed E-state index contributed by atoms with van der Waals surface area (Å²) in [6, 6.07) is 14.4. The van der Waals surface area contributed by atoms with Crippen molar-refractivity contribution in [3.63, 3.8) is 0 Å². The van der Waals surface area contributed by atoms with Gasteiger partial charge in [0.05, 0.1) is 12.2 Å². The topological polar surface area (TPSA) is 81.3 Å². The largest absolute Gasteiger partial charge is 0.288 e. The molecule has 4 rings (SSSR count). The van der Waals surface area contributed by atoms with Gasteiger partial charge >= 0.3 is 0 Å². The van der Waals surface area contributed by atoms with Gasteiger partial charge in [0.2, 0.25) is 0 Å². The number of fused-ring (bicyclic) bond motifs is 1. The predicted molar refractivity (Wildman–Crippen MR) is 108 cm³/mol. The van der Waals surface area contributed by atoms with Crippen molar-refractivity contribution in [3.05, 3.63) is 76.8 Å². The average molecular weight is 416 g/mol. The highest BCUT2D eigenvalue weighted by Crippen LogP contribution is 2.25. The van der Waals surface area contributed by atoms with Crippen LogP contribution >= 0.6 is 11.6 Å². The maximum absolute atomic E-state index is 13.0. The van der Waals surface area contributed by atoms with E-state index >= 15 is 0 Å². The maximum atomic E-state index is 13.0. The van der Waals surface area contributed by atoms with Crippen LogP contribution in [-0.4, -0.2) is 27.6 Å². The predicted octanol–water partition coefficient (Wildman–Crippen LogP) is 3.65. The molecule has 1 N–H and O–H groups in total. The second-order valence-corrected chi connectivity index (χ2v) is 8.48. The van der Waals surface area contributed by atoms with Gasteiger partial charge in [-0.05, 0) is 49.7 Å². The zero-order chi connectivity index (χ0) is 19.9. The Morgan fingerprint density at radius 1 is 1.11 bits per heavy atom. The summed E-state index contributed by atoms with van der Waals surface area (Å²) >= 11 is 6.11. The molecule has 28 heavy (non-hydrogen) atoms. The third kappa shape index (κ3) is 3.48. The number of benzene rings is 1. The molecule has 0 unspecified atom stereocenters. The molecule has 3 aromatic heterocycles. The third-order valence-electron chi connectivity index (χ3n) is 4.32. The van der Waals surface area contributed by atoms with Crippen LogP contribution in [0.1, 0.15) is 17.0 Å². The Kier molecular flexibility index (Phi) is 4.60. The fraction of sp³-hybridized carbons (Fsp3) is 0.158. The number of nitrogens with zero attached hydrogens (tertiary/aromatic N) is 4. The Morgan fingerprint density at radius 3 is 2.68 bits per heavy atom. The van der Waals surface area contributed by atoms with E-state index < -0.39 is 10.0 Å². The van der Waals surface area contributed by atoms with Gasteiger partial charge in [-0.1, -0.05) is 29.8 Å². The molecule has 0 atom stereocenters. The van der Waals surface area contributed by atoms with E-state index in [-0.39, 0.29) is 10.2 Å². The number of aryl methyl sites for hydroxylation is 2. The van der Waals surface area contributed by atoms with Gasteiger partial charge in [0, 0.05) is 17.6 Å². The quantitative estimate of drug-likeness (QED) is 0.539. The lowest BCUT2D eigenvalue weighted by atomic mass is 10.2. The van der Waals surface area contributed by atoms with Crippen LogP contribution in [0.3, 0.4) is 0 Å². The number of nitrogens with one attached hydrogen (secondary N) is 1. The third-order valence-corrected chi connectivity index (χ3v) is 6.09. The minimum atomic E-state index is -3.92. The van der Waals surface area contributed by atoms with Crippen LogP contribution in [0, 0.1) is 13.8 Å². The Balaban J connectivity index is 1.65. The number of hydrogen-bond donors (Lipinski definition) is 1. The van der Waals surface area contributed by atoms with Gasteiger partial charge in [-0.25, -0.2) is 4.98 Å². The first-order valence-electron chi connectivity index (χ1n) is 8.59. The van der Waals surface area contributed by atoms with E-state index in [0.29, 0.717) is 17.9 Å². The van der Waals surface area contributed by atoms with Crippen LogP contribution in [0.15, 0.2) is 59.8 Å². The summed E-state index contributed by atoms with van der Waals surface area (Å²) in [7, 11) is -3.92. The van der Waals surface area contributed by atoms with E-state index in [4.69, 9.17) is 11.6 Å². The van der Waals surface area contributed by atoms with Gasteiger partial charge in [0.25, 0.3) is 10.0 Å². The van der Waals surface area contributed by atoms with Crippen molar-refractivity contribution in [2.45, 2.75) is 25.4 Å². The molecule has 0 aliphatic rings. The summed E-state index contributed by atoms with van der Waals surface area (Å²) in [5, 5.41) is 4.28. The number of imidazole rings is 1. The Labute approximate surface area is 167 Å². The standard InChI is InChI=1S/C19H18ClN5O2S/c1-13-10-14(2)25(22-13)12-15-6-5-7-16(11-15)23-28(26,27)19-18(20)21-17-8-3-4-9-24(17)19/h3-11,23H,12H2,1-2H3. The monoisotopic (exact) mass is 415 g/mol. The van der Waals surface area contributed by atoms with Crippen LogP contribution in [0.2, 0.25) is 5.15 Å². The van der Waals surface area contributed by atoms with Crippen LogP contribution in [0.4, 0.5) is 5.69 Å². The number of sulfonamides is 1. The lowest BCUT2D eigenvalue weighted by Crippen LogP contribution is -2.16.